The van der Waals surface area contributed by atoms with Gasteiger partial charge < -0.3 is 5.32 Å². The average Bonchev–Trinajstić information content (AvgIpc) is 3.27. The third kappa shape index (κ3) is 3.75. The molecule has 28 heavy (non-hydrogen) atoms. The number of aromatic nitrogens is 2. The van der Waals surface area contributed by atoms with Crippen LogP contribution < -0.4 is 10.0 Å². The molecule has 4 rings (SSSR count). The summed E-state index contributed by atoms with van der Waals surface area (Å²) in [5.74, 6) is 1.38. The number of thiophene rings is 1. The first kappa shape index (κ1) is 18.5. The number of hydrogen-bond acceptors (Lipinski definition) is 6. The van der Waals surface area contributed by atoms with Crippen LogP contribution in [0.3, 0.4) is 0 Å². The molecule has 8 heteroatoms. The molecule has 0 aliphatic carbocycles. The lowest BCUT2D eigenvalue weighted by molar-refractivity contribution is 0.588. The highest BCUT2D eigenvalue weighted by atomic mass is 32.2. The van der Waals surface area contributed by atoms with E-state index in [1.54, 1.807) is 29.5 Å². The lowest BCUT2D eigenvalue weighted by Gasteiger charge is -2.11. The standard InChI is InChI=1S/C20H18N4O2S2/c1-21-28(25,26)16-6-4-5-14(11-16)12-22-20-17-7-2-3-8-18(17)23-19(24-20)15-9-10-27-13-15/h2-11,13,21H,12H2,1H3,(H,22,23,24). The van der Waals surface area contributed by atoms with E-state index < -0.39 is 10.0 Å². The van der Waals surface area contributed by atoms with Gasteiger partial charge in [-0.25, -0.2) is 23.1 Å². The van der Waals surface area contributed by atoms with Crippen molar-refractivity contribution in [2.24, 2.45) is 0 Å². The van der Waals surface area contributed by atoms with Crippen LogP contribution in [0, 0.1) is 0 Å². The van der Waals surface area contributed by atoms with Crippen LogP contribution in [0.25, 0.3) is 22.3 Å². The van der Waals surface area contributed by atoms with E-state index in [0.717, 1.165) is 22.0 Å². The van der Waals surface area contributed by atoms with Crippen LogP contribution in [0.5, 0.6) is 0 Å². The highest BCUT2D eigenvalue weighted by Gasteiger charge is 2.12. The summed E-state index contributed by atoms with van der Waals surface area (Å²) in [5.41, 5.74) is 2.67. The molecule has 0 amide bonds. The summed E-state index contributed by atoms with van der Waals surface area (Å²) >= 11 is 1.60. The maximum absolute atomic E-state index is 12.0. The van der Waals surface area contributed by atoms with Gasteiger partial charge >= 0.3 is 0 Å². The van der Waals surface area contributed by atoms with Gasteiger partial charge in [0.15, 0.2) is 5.82 Å². The molecule has 142 valence electrons. The predicted octanol–water partition coefficient (Wildman–Crippen LogP) is 3.88. The third-order valence-electron chi connectivity index (χ3n) is 4.32. The lowest BCUT2D eigenvalue weighted by Crippen LogP contribution is -2.18. The van der Waals surface area contributed by atoms with E-state index in [2.05, 4.69) is 15.0 Å². The Labute approximate surface area is 167 Å². The minimum absolute atomic E-state index is 0.237. The number of nitrogens with one attached hydrogen (secondary N) is 2. The number of rotatable bonds is 6. The molecule has 2 heterocycles. The van der Waals surface area contributed by atoms with Crippen LogP contribution in [0.4, 0.5) is 5.82 Å². The third-order valence-corrected chi connectivity index (χ3v) is 6.42. The van der Waals surface area contributed by atoms with Crippen molar-refractivity contribution in [3.63, 3.8) is 0 Å². The predicted molar refractivity (Wildman–Crippen MR) is 113 cm³/mol. The van der Waals surface area contributed by atoms with Crippen LogP contribution in [-0.2, 0) is 16.6 Å². The molecule has 4 aromatic rings. The Kier molecular flexibility index (Phi) is 5.08. The maximum Gasteiger partial charge on any atom is 0.240 e. The molecule has 0 radical (unpaired) electrons. The fraction of sp³-hybridized carbons (Fsp3) is 0.100. The normalized spacial score (nSPS) is 11.6. The Hall–Kier alpha value is -2.81. The van der Waals surface area contributed by atoms with Crippen molar-refractivity contribution in [2.75, 3.05) is 12.4 Å². The van der Waals surface area contributed by atoms with Crippen LogP contribution in [0.15, 0.2) is 70.3 Å². The fourth-order valence-electron chi connectivity index (χ4n) is 2.86. The fourth-order valence-corrected chi connectivity index (χ4v) is 4.29. The second kappa shape index (κ2) is 7.67. The van der Waals surface area contributed by atoms with Crippen molar-refractivity contribution < 1.29 is 8.42 Å². The summed E-state index contributed by atoms with van der Waals surface area (Å²) in [7, 11) is -2.07. The van der Waals surface area contributed by atoms with Crippen molar-refractivity contribution in [2.45, 2.75) is 11.4 Å². The van der Waals surface area contributed by atoms with Crippen LogP contribution in [-0.4, -0.2) is 25.4 Å². The summed E-state index contributed by atoms with van der Waals surface area (Å²) in [4.78, 5) is 9.60. The van der Waals surface area contributed by atoms with Crippen molar-refractivity contribution in [3.05, 3.63) is 70.9 Å². The number of anilines is 1. The van der Waals surface area contributed by atoms with Crippen LogP contribution >= 0.6 is 11.3 Å². The van der Waals surface area contributed by atoms with Gasteiger partial charge in [-0.05, 0) is 48.3 Å². The molecule has 2 N–H and O–H groups in total. The monoisotopic (exact) mass is 410 g/mol. The van der Waals surface area contributed by atoms with Crippen LogP contribution in [0.1, 0.15) is 5.56 Å². The van der Waals surface area contributed by atoms with Gasteiger partial charge in [-0.1, -0.05) is 24.3 Å². The topological polar surface area (TPSA) is 84.0 Å². The highest BCUT2D eigenvalue weighted by molar-refractivity contribution is 7.89. The molecule has 2 aromatic heterocycles. The minimum atomic E-state index is -3.48. The molecule has 0 bridgehead atoms. The van der Waals surface area contributed by atoms with Gasteiger partial charge in [-0.3, -0.25) is 0 Å². The van der Waals surface area contributed by atoms with E-state index in [9.17, 15) is 8.42 Å². The van der Waals surface area contributed by atoms with Gasteiger partial charge in [0.2, 0.25) is 10.0 Å². The summed E-state index contributed by atoms with van der Waals surface area (Å²) < 4.78 is 26.4. The van der Waals surface area contributed by atoms with E-state index in [4.69, 9.17) is 4.98 Å². The number of fused-ring (bicyclic) bond motifs is 1. The first-order valence-corrected chi connectivity index (χ1v) is 11.0. The summed E-state index contributed by atoms with van der Waals surface area (Å²) in [6.45, 7) is 0.442. The highest BCUT2D eigenvalue weighted by Crippen LogP contribution is 2.26. The van der Waals surface area contributed by atoms with Gasteiger partial charge in [0.25, 0.3) is 0 Å². The van der Waals surface area contributed by atoms with E-state index in [-0.39, 0.29) is 4.90 Å². The Bertz CT molecular complexity index is 1220. The number of hydrogen-bond donors (Lipinski definition) is 2. The smallest absolute Gasteiger partial charge is 0.240 e. The molecular formula is C20H18N4O2S2. The number of nitrogens with zero attached hydrogens (tertiary/aromatic N) is 2. The molecule has 2 aromatic carbocycles. The first-order valence-electron chi connectivity index (χ1n) is 8.62. The lowest BCUT2D eigenvalue weighted by atomic mass is 10.2. The minimum Gasteiger partial charge on any atom is -0.365 e. The Morgan fingerprint density at radius 3 is 2.68 bits per heavy atom. The molecule has 0 aliphatic heterocycles. The van der Waals surface area contributed by atoms with Crippen molar-refractivity contribution in [1.29, 1.82) is 0 Å². The van der Waals surface area contributed by atoms with Gasteiger partial charge in [0, 0.05) is 22.9 Å². The molecule has 0 aliphatic rings. The van der Waals surface area contributed by atoms with Gasteiger partial charge in [-0.2, -0.15) is 11.3 Å². The number of para-hydroxylation sites is 1. The second-order valence-electron chi connectivity index (χ2n) is 6.13. The van der Waals surface area contributed by atoms with Gasteiger partial charge in [-0.15, -0.1) is 0 Å². The number of sulfonamides is 1. The van der Waals surface area contributed by atoms with Gasteiger partial charge in [0.05, 0.1) is 10.4 Å². The van der Waals surface area contributed by atoms with E-state index >= 15 is 0 Å². The maximum atomic E-state index is 12.0. The quantitative estimate of drug-likeness (QED) is 0.504. The van der Waals surface area contributed by atoms with Crippen LogP contribution in [0.2, 0.25) is 0 Å². The number of benzene rings is 2. The molecule has 0 atom stereocenters. The Morgan fingerprint density at radius 2 is 1.89 bits per heavy atom. The molecule has 0 saturated heterocycles. The van der Waals surface area contributed by atoms with Crippen molar-refractivity contribution in [3.8, 4) is 11.4 Å². The van der Waals surface area contributed by atoms with Crippen molar-refractivity contribution in [1.82, 2.24) is 14.7 Å². The van der Waals surface area contributed by atoms with Crippen molar-refractivity contribution >= 4 is 38.1 Å². The zero-order valence-electron chi connectivity index (χ0n) is 15.1. The summed E-state index contributed by atoms with van der Waals surface area (Å²) in [5, 5.41) is 8.27. The zero-order valence-corrected chi connectivity index (χ0v) is 16.7. The Morgan fingerprint density at radius 1 is 1.04 bits per heavy atom. The second-order valence-corrected chi connectivity index (χ2v) is 8.80. The van der Waals surface area contributed by atoms with E-state index in [0.29, 0.717) is 18.2 Å². The van der Waals surface area contributed by atoms with E-state index in [1.165, 1.54) is 7.05 Å². The molecule has 0 fully saturated rings. The first-order chi connectivity index (χ1) is 13.6. The molecule has 0 unspecified atom stereocenters. The van der Waals surface area contributed by atoms with Gasteiger partial charge in [0.1, 0.15) is 5.82 Å². The summed E-state index contributed by atoms with van der Waals surface area (Å²) in [6, 6.07) is 16.6. The largest absolute Gasteiger partial charge is 0.365 e. The Balaban J connectivity index is 1.68. The van der Waals surface area contributed by atoms with E-state index in [1.807, 2.05) is 47.2 Å². The SMILES string of the molecule is CNS(=O)(=O)c1cccc(CNc2nc(-c3ccsc3)nc3ccccc23)c1. The summed E-state index contributed by atoms with van der Waals surface area (Å²) in [6.07, 6.45) is 0. The molecule has 6 nitrogen and oxygen atoms in total. The average molecular weight is 411 g/mol. The molecule has 0 saturated carbocycles. The molecule has 0 spiro atoms. The zero-order chi connectivity index (χ0) is 19.6. The molecular weight excluding hydrogens is 392 g/mol.